The van der Waals surface area contributed by atoms with E-state index in [9.17, 15) is 9.59 Å². The van der Waals surface area contributed by atoms with Crippen molar-refractivity contribution in [3.8, 4) is 5.75 Å². The van der Waals surface area contributed by atoms with Gasteiger partial charge in [0, 0.05) is 16.1 Å². The Balaban J connectivity index is 1.90. The zero-order valence-electron chi connectivity index (χ0n) is 13.5. The van der Waals surface area contributed by atoms with E-state index in [0.29, 0.717) is 21.9 Å². The van der Waals surface area contributed by atoms with Gasteiger partial charge in [0.1, 0.15) is 5.75 Å². The van der Waals surface area contributed by atoms with Crippen molar-refractivity contribution in [3.05, 3.63) is 64.7 Å². The summed E-state index contributed by atoms with van der Waals surface area (Å²) in [5.74, 6) is -0.129. The fourth-order valence-electron chi connectivity index (χ4n) is 1.86. The van der Waals surface area contributed by atoms with Crippen molar-refractivity contribution in [3.63, 3.8) is 0 Å². The van der Waals surface area contributed by atoms with Gasteiger partial charge in [0.15, 0.2) is 0 Å². The molecular formula is C18H19ClN2O3. The molecule has 0 fully saturated rings. The maximum Gasteiger partial charge on any atom is 0.269 e. The number of carbonyl (C=O) groups excluding carboxylic acids is 2. The predicted molar refractivity (Wildman–Crippen MR) is 93.2 cm³/mol. The van der Waals surface area contributed by atoms with Crippen LogP contribution in [0, 0.1) is 0 Å². The number of hydrogen-bond donors (Lipinski definition) is 2. The van der Waals surface area contributed by atoms with Crippen molar-refractivity contribution in [2.75, 3.05) is 0 Å². The summed E-state index contributed by atoms with van der Waals surface area (Å²) in [5.41, 5.74) is 5.55. The molecule has 126 valence electrons. The summed E-state index contributed by atoms with van der Waals surface area (Å²) in [7, 11) is 0. The van der Waals surface area contributed by atoms with Gasteiger partial charge in [0.2, 0.25) is 0 Å². The van der Waals surface area contributed by atoms with Crippen molar-refractivity contribution >= 4 is 23.4 Å². The van der Waals surface area contributed by atoms with E-state index in [-0.39, 0.29) is 6.10 Å². The minimum atomic E-state index is -0.420. The number of carbonyl (C=O) groups is 2. The van der Waals surface area contributed by atoms with E-state index in [0.717, 1.165) is 6.42 Å². The molecule has 0 heterocycles. The van der Waals surface area contributed by atoms with Crippen molar-refractivity contribution in [1.29, 1.82) is 0 Å². The number of amides is 2. The molecule has 0 aliphatic carbocycles. The lowest BCUT2D eigenvalue weighted by molar-refractivity contribution is 0.0846. The fraction of sp³-hybridized carbons (Fsp3) is 0.222. The summed E-state index contributed by atoms with van der Waals surface area (Å²) in [6.07, 6.45) is 1.02. The zero-order chi connectivity index (χ0) is 17.5. The third-order valence-electron chi connectivity index (χ3n) is 3.42. The molecule has 0 saturated heterocycles. The fourth-order valence-corrected chi connectivity index (χ4v) is 1.99. The zero-order valence-corrected chi connectivity index (χ0v) is 14.3. The van der Waals surface area contributed by atoms with Gasteiger partial charge in [-0.3, -0.25) is 20.4 Å². The van der Waals surface area contributed by atoms with E-state index in [1.165, 1.54) is 0 Å². The highest BCUT2D eigenvalue weighted by molar-refractivity contribution is 6.30. The third-order valence-corrected chi connectivity index (χ3v) is 3.68. The summed E-state index contributed by atoms with van der Waals surface area (Å²) >= 11 is 5.77. The summed E-state index contributed by atoms with van der Waals surface area (Å²) < 4.78 is 5.65. The highest BCUT2D eigenvalue weighted by Gasteiger charge is 2.09. The van der Waals surface area contributed by atoms with Crippen LogP contribution in [0.1, 0.15) is 41.0 Å². The summed E-state index contributed by atoms with van der Waals surface area (Å²) in [6.45, 7) is 4.02. The van der Waals surface area contributed by atoms with Gasteiger partial charge >= 0.3 is 0 Å². The van der Waals surface area contributed by atoms with E-state index in [2.05, 4.69) is 10.9 Å². The number of nitrogens with one attached hydrogen (secondary N) is 2. The number of hydrogen-bond acceptors (Lipinski definition) is 3. The van der Waals surface area contributed by atoms with E-state index >= 15 is 0 Å². The van der Waals surface area contributed by atoms with Gasteiger partial charge in [0.25, 0.3) is 11.8 Å². The summed E-state index contributed by atoms with van der Waals surface area (Å²) in [6, 6.07) is 13.1. The molecule has 0 unspecified atom stereocenters. The van der Waals surface area contributed by atoms with Gasteiger partial charge in [0.05, 0.1) is 6.10 Å². The molecule has 0 aliphatic rings. The lowest BCUT2D eigenvalue weighted by atomic mass is 10.2. The second-order valence-electron chi connectivity index (χ2n) is 5.28. The number of halogens is 1. The van der Waals surface area contributed by atoms with Crippen LogP contribution in [-0.2, 0) is 0 Å². The molecule has 2 rings (SSSR count). The molecule has 2 N–H and O–H groups in total. The lowest BCUT2D eigenvalue weighted by Crippen LogP contribution is -2.41. The largest absolute Gasteiger partial charge is 0.491 e. The number of rotatable bonds is 5. The highest BCUT2D eigenvalue weighted by atomic mass is 35.5. The Labute approximate surface area is 145 Å². The van der Waals surface area contributed by atoms with Crippen LogP contribution in [0.3, 0.4) is 0 Å². The van der Waals surface area contributed by atoms with Crippen LogP contribution >= 0.6 is 11.6 Å². The van der Waals surface area contributed by atoms with Gasteiger partial charge < -0.3 is 4.74 Å². The molecule has 0 radical (unpaired) electrons. The normalized spacial score (nSPS) is 11.5. The number of benzene rings is 2. The SMILES string of the molecule is CC[C@H](C)Oc1ccc(C(=O)NNC(=O)c2ccc(Cl)cc2)cc1. The smallest absolute Gasteiger partial charge is 0.269 e. The van der Waals surface area contributed by atoms with Crippen LogP contribution in [0.25, 0.3) is 0 Å². The van der Waals surface area contributed by atoms with Crippen LogP contribution in [0.4, 0.5) is 0 Å². The van der Waals surface area contributed by atoms with Gasteiger partial charge in [-0.1, -0.05) is 18.5 Å². The first-order chi connectivity index (χ1) is 11.5. The first-order valence-electron chi connectivity index (χ1n) is 7.62. The topological polar surface area (TPSA) is 67.4 Å². The van der Waals surface area contributed by atoms with Crippen molar-refractivity contribution < 1.29 is 14.3 Å². The van der Waals surface area contributed by atoms with E-state index in [4.69, 9.17) is 16.3 Å². The Hall–Kier alpha value is -2.53. The van der Waals surface area contributed by atoms with Gasteiger partial charge in [-0.25, -0.2) is 0 Å². The van der Waals surface area contributed by atoms with Crippen molar-refractivity contribution in [2.45, 2.75) is 26.4 Å². The van der Waals surface area contributed by atoms with Crippen LogP contribution in [-0.4, -0.2) is 17.9 Å². The van der Waals surface area contributed by atoms with Gasteiger partial charge in [-0.2, -0.15) is 0 Å². The molecule has 0 aliphatic heterocycles. The Morgan fingerprint density at radius 3 is 1.88 bits per heavy atom. The number of ether oxygens (including phenoxy) is 1. The third kappa shape index (κ3) is 4.99. The van der Waals surface area contributed by atoms with E-state index < -0.39 is 11.8 Å². The monoisotopic (exact) mass is 346 g/mol. The molecule has 2 aromatic rings. The van der Waals surface area contributed by atoms with E-state index in [1.807, 2.05) is 13.8 Å². The Morgan fingerprint density at radius 1 is 0.958 bits per heavy atom. The molecule has 24 heavy (non-hydrogen) atoms. The standard InChI is InChI=1S/C18H19ClN2O3/c1-3-12(2)24-16-10-6-14(7-11-16)18(23)21-20-17(22)13-4-8-15(19)9-5-13/h4-12H,3H2,1-2H3,(H,20,22)(H,21,23)/t12-/m0/s1. The van der Waals surface area contributed by atoms with Gasteiger partial charge in [-0.15, -0.1) is 0 Å². The van der Waals surface area contributed by atoms with Crippen molar-refractivity contribution in [1.82, 2.24) is 10.9 Å². The van der Waals surface area contributed by atoms with Crippen LogP contribution in [0.15, 0.2) is 48.5 Å². The molecule has 1 atom stereocenters. The second-order valence-corrected chi connectivity index (χ2v) is 5.71. The minimum absolute atomic E-state index is 0.114. The Kier molecular flexibility index (Phi) is 6.21. The Bertz CT molecular complexity index is 699. The first-order valence-corrected chi connectivity index (χ1v) is 8.00. The highest BCUT2D eigenvalue weighted by Crippen LogP contribution is 2.15. The maximum atomic E-state index is 12.0. The molecular weight excluding hydrogens is 328 g/mol. The average Bonchev–Trinajstić information content (AvgIpc) is 2.60. The maximum absolute atomic E-state index is 12.0. The van der Waals surface area contributed by atoms with Crippen molar-refractivity contribution in [2.24, 2.45) is 0 Å². The average molecular weight is 347 g/mol. The van der Waals surface area contributed by atoms with E-state index in [1.54, 1.807) is 48.5 Å². The van der Waals surface area contributed by atoms with Crippen LogP contribution in [0.2, 0.25) is 5.02 Å². The molecule has 0 saturated carbocycles. The minimum Gasteiger partial charge on any atom is -0.491 e. The molecule has 0 aromatic heterocycles. The first kappa shape index (κ1) is 17.8. The Morgan fingerprint density at radius 2 is 1.42 bits per heavy atom. The molecule has 0 bridgehead atoms. The molecule has 0 spiro atoms. The molecule has 2 aromatic carbocycles. The van der Waals surface area contributed by atoms with Crippen LogP contribution in [0.5, 0.6) is 5.75 Å². The summed E-state index contributed by atoms with van der Waals surface area (Å²) in [5, 5.41) is 0.537. The number of hydrazine groups is 1. The molecule has 2 amide bonds. The predicted octanol–water partition coefficient (Wildman–Crippen LogP) is 3.59. The quantitative estimate of drug-likeness (QED) is 0.813. The second kappa shape index (κ2) is 8.36. The summed E-state index contributed by atoms with van der Waals surface area (Å²) in [4.78, 5) is 23.9. The molecule has 6 heteroatoms. The van der Waals surface area contributed by atoms with Gasteiger partial charge in [-0.05, 0) is 61.9 Å². The molecule has 5 nitrogen and oxygen atoms in total. The lowest BCUT2D eigenvalue weighted by Gasteiger charge is -2.13. The van der Waals surface area contributed by atoms with Crippen LogP contribution < -0.4 is 15.6 Å².